The molecular formula is C22H31N3O3. The third kappa shape index (κ3) is 3.47. The fourth-order valence-electron chi connectivity index (χ4n) is 5.60. The number of hydrogen-bond acceptors (Lipinski definition) is 5. The summed E-state index contributed by atoms with van der Waals surface area (Å²) < 4.78 is 11.3. The summed E-state index contributed by atoms with van der Waals surface area (Å²) >= 11 is 0. The van der Waals surface area contributed by atoms with Crippen molar-refractivity contribution in [3.05, 3.63) is 35.9 Å². The van der Waals surface area contributed by atoms with Crippen LogP contribution < -0.4 is 0 Å². The summed E-state index contributed by atoms with van der Waals surface area (Å²) in [5.74, 6) is 0.922. The minimum absolute atomic E-state index is 0.0995. The maximum absolute atomic E-state index is 13.1. The van der Waals surface area contributed by atoms with E-state index in [9.17, 15) is 4.79 Å². The quantitative estimate of drug-likeness (QED) is 0.785. The largest absolute Gasteiger partial charge is 0.381 e. The molecule has 28 heavy (non-hydrogen) atoms. The third-order valence-corrected chi connectivity index (χ3v) is 6.95. The smallest absolute Gasteiger partial charge is 0.253 e. The molecule has 4 aliphatic rings. The molecule has 4 aliphatic heterocycles. The van der Waals surface area contributed by atoms with Crippen LogP contribution in [0.5, 0.6) is 0 Å². The van der Waals surface area contributed by atoms with E-state index in [0.717, 1.165) is 70.6 Å². The highest BCUT2D eigenvalue weighted by atomic mass is 16.5. The van der Waals surface area contributed by atoms with Gasteiger partial charge in [-0.3, -0.25) is 14.6 Å². The van der Waals surface area contributed by atoms with Crippen LogP contribution in [0.25, 0.3) is 0 Å². The van der Waals surface area contributed by atoms with Crippen LogP contribution in [0.2, 0.25) is 0 Å². The standard InChI is InChI=1S/C22H31N3O3/c26-21(19-4-2-1-3-5-19)24-13-20-14-28-11-8-25(20)22(17-24)15-23(16-22)12-18-6-9-27-10-7-18/h1-5,18,20H,6-17H2. The Hall–Kier alpha value is -1.47. The zero-order valence-corrected chi connectivity index (χ0v) is 16.6. The number of hydrogen-bond donors (Lipinski definition) is 0. The normalized spacial score (nSPS) is 28.7. The van der Waals surface area contributed by atoms with Crippen LogP contribution >= 0.6 is 0 Å². The summed E-state index contributed by atoms with van der Waals surface area (Å²) in [5, 5.41) is 0. The second kappa shape index (κ2) is 7.75. The molecule has 1 amide bonds. The van der Waals surface area contributed by atoms with Gasteiger partial charge in [0.15, 0.2) is 0 Å². The van der Waals surface area contributed by atoms with Crippen molar-refractivity contribution in [2.75, 3.05) is 65.7 Å². The minimum atomic E-state index is 0.0995. The topological polar surface area (TPSA) is 45.2 Å². The highest BCUT2D eigenvalue weighted by Gasteiger charge is 2.54. The SMILES string of the molecule is O=C(c1ccccc1)N1CC2COCCN2C2(CN(CC3CCOCC3)C2)C1. The molecule has 6 nitrogen and oxygen atoms in total. The summed E-state index contributed by atoms with van der Waals surface area (Å²) in [6.07, 6.45) is 2.37. The van der Waals surface area contributed by atoms with Gasteiger partial charge in [0, 0.05) is 58.0 Å². The predicted octanol–water partition coefficient (Wildman–Crippen LogP) is 1.32. The molecule has 0 N–H and O–H groups in total. The van der Waals surface area contributed by atoms with Gasteiger partial charge in [0.2, 0.25) is 0 Å². The van der Waals surface area contributed by atoms with Gasteiger partial charge in [-0.2, -0.15) is 0 Å². The van der Waals surface area contributed by atoms with E-state index in [4.69, 9.17) is 9.47 Å². The van der Waals surface area contributed by atoms with E-state index in [1.807, 2.05) is 30.3 Å². The van der Waals surface area contributed by atoms with Gasteiger partial charge < -0.3 is 14.4 Å². The first-order valence-corrected chi connectivity index (χ1v) is 10.7. The van der Waals surface area contributed by atoms with Crippen LogP contribution in [0.15, 0.2) is 30.3 Å². The Morgan fingerprint density at radius 3 is 2.61 bits per heavy atom. The fraction of sp³-hybridized carbons (Fsp3) is 0.682. The number of amides is 1. The summed E-state index contributed by atoms with van der Waals surface area (Å²) in [6.45, 7) is 9.28. The maximum Gasteiger partial charge on any atom is 0.253 e. The Kier molecular flexibility index (Phi) is 5.13. The van der Waals surface area contributed by atoms with Crippen LogP contribution in [0, 0.1) is 5.92 Å². The molecule has 0 saturated carbocycles. The molecule has 0 aromatic heterocycles. The molecule has 0 bridgehead atoms. The molecule has 1 spiro atoms. The van der Waals surface area contributed by atoms with Crippen LogP contribution in [0.4, 0.5) is 0 Å². The van der Waals surface area contributed by atoms with Gasteiger partial charge in [-0.15, -0.1) is 0 Å². The number of piperazine rings is 1. The van der Waals surface area contributed by atoms with Crippen molar-refractivity contribution in [2.24, 2.45) is 5.92 Å². The molecule has 1 atom stereocenters. The molecule has 152 valence electrons. The van der Waals surface area contributed by atoms with E-state index in [2.05, 4.69) is 14.7 Å². The number of carbonyl (C=O) groups is 1. The fourth-order valence-corrected chi connectivity index (χ4v) is 5.60. The summed E-state index contributed by atoms with van der Waals surface area (Å²) in [6, 6.07) is 10.0. The minimum Gasteiger partial charge on any atom is -0.381 e. The Morgan fingerprint density at radius 2 is 1.82 bits per heavy atom. The zero-order chi connectivity index (χ0) is 19.0. The maximum atomic E-state index is 13.1. The molecule has 0 aliphatic carbocycles. The number of fused-ring (bicyclic) bond motifs is 2. The first kappa shape index (κ1) is 18.6. The lowest BCUT2D eigenvalue weighted by atomic mass is 9.81. The predicted molar refractivity (Wildman–Crippen MR) is 106 cm³/mol. The highest BCUT2D eigenvalue weighted by Crippen LogP contribution is 2.37. The van der Waals surface area contributed by atoms with Crippen molar-refractivity contribution < 1.29 is 14.3 Å². The Bertz CT molecular complexity index is 686. The van der Waals surface area contributed by atoms with E-state index in [-0.39, 0.29) is 11.4 Å². The van der Waals surface area contributed by atoms with Crippen molar-refractivity contribution >= 4 is 5.91 Å². The van der Waals surface area contributed by atoms with Gasteiger partial charge in [0.1, 0.15) is 0 Å². The number of benzene rings is 1. The van der Waals surface area contributed by atoms with Crippen molar-refractivity contribution in [1.29, 1.82) is 0 Å². The van der Waals surface area contributed by atoms with Gasteiger partial charge in [-0.1, -0.05) is 18.2 Å². The number of morpholine rings is 1. The molecule has 5 rings (SSSR count). The first-order chi connectivity index (χ1) is 13.7. The van der Waals surface area contributed by atoms with Crippen molar-refractivity contribution in [3.8, 4) is 0 Å². The molecule has 4 fully saturated rings. The molecule has 6 heteroatoms. The second-order valence-corrected chi connectivity index (χ2v) is 8.92. The lowest BCUT2D eigenvalue weighted by Crippen LogP contribution is -2.81. The van der Waals surface area contributed by atoms with E-state index in [1.165, 1.54) is 19.4 Å². The number of likely N-dealkylation sites (tertiary alicyclic amines) is 1. The van der Waals surface area contributed by atoms with Gasteiger partial charge in [-0.25, -0.2) is 0 Å². The molecule has 0 radical (unpaired) electrons. The van der Waals surface area contributed by atoms with Crippen LogP contribution in [-0.2, 0) is 9.47 Å². The van der Waals surface area contributed by atoms with Crippen LogP contribution in [0.1, 0.15) is 23.2 Å². The summed E-state index contributed by atoms with van der Waals surface area (Å²) in [4.78, 5) is 20.5. The first-order valence-electron chi connectivity index (χ1n) is 10.7. The Morgan fingerprint density at radius 1 is 1.04 bits per heavy atom. The third-order valence-electron chi connectivity index (χ3n) is 6.95. The number of rotatable bonds is 3. The van der Waals surface area contributed by atoms with Crippen molar-refractivity contribution in [3.63, 3.8) is 0 Å². The molecule has 4 heterocycles. The van der Waals surface area contributed by atoms with Gasteiger partial charge in [0.25, 0.3) is 5.91 Å². The second-order valence-electron chi connectivity index (χ2n) is 8.92. The number of ether oxygens (including phenoxy) is 2. The van der Waals surface area contributed by atoms with Gasteiger partial charge >= 0.3 is 0 Å². The summed E-state index contributed by atoms with van der Waals surface area (Å²) in [7, 11) is 0. The Labute approximate surface area is 167 Å². The lowest BCUT2D eigenvalue weighted by Gasteiger charge is -2.63. The average Bonchev–Trinajstić information content (AvgIpc) is 2.73. The van der Waals surface area contributed by atoms with E-state index in [0.29, 0.717) is 6.04 Å². The van der Waals surface area contributed by atoms with E-state index in [1.54, 1.807) is 0 Å². The monoisotopic (exact) mass is 385 g/mol. The highest BCUT2D eigenvalue weighted by molar-refractivity contribution is 5.94. The van der Waals surface area contributed by atoms with Crippen LogP contribution in [-0.4, -0.2) is 97.9 Å². The summed E-state index contributed by atoms with van der Waals surface area (Å²) in [5.41, 5.74) is 0.892. The lowest BCUT2D eigenvalue weighted by molar-refractivity contribution is -0.161. The molecule has 4 saturated heterocycles. The molecule has 1 aromatic rings. The van der Waals surface area contributed by atoms with Crippen molar-refractivity contribution in [2.45, 2.75) is 24.4 Å². The molecule has 1 aromatic carbocycles. The van der Waals surface area contributed by atoms with Crippen molar-refractivity contribution in [1.82, 2.24) is 14.7 Å². The van der Waals surface area contributed by atoms with Gasteiger partial charge in [-0.05, 0) is 30.9 Å². The molecular weight excluding hydrogens is 354 g/mol. The zero-order valence-electron chi connectivity index (χ0n) is 16.6. The molecule has 1 unspecified atom stereocenters. The number of nitrogens with zero attached hydrogens (tertiary/aromatic N) is 3. The van der Waals surface area contributed by atoms with E-state index >= 15 is 0 Å². The van der Waals surface area contributed by atoms with E-state index < -0.39 is 0 Å². The average molecular weight is 386 g/mol. The number of carbonyl (C=O) groups excluding carboxylic acids is 1. The Balaban J connectivity index is 1.29. The van der Waals surface area contributed by atoms with Crippen LogP contribution in [0.3, 0.4) is 0 Å². The van der Waals surface area contributed by atoms with Gasteiger partial charge in [0.05, 0.1) is 24.8 Å².